The van der Waals surface area contributed by atoms with Gasteiger partial charge in [0.05, 0.1) is 4.53 Å². The van der Waals surface area contributed by atoms with Crippen molar-refractivity contribution in [3.8, 4) is 17.0 Å². The lowest BCUT2D eigenvalue weighted by Gasteiger charge is -2.03. The van der Waals surface area contributed by atoms with E-state index >= 15 is 0 Å². The number of hydrogen-bond donors (Lipinski definition) is 1. The van der Waals surface area contributed by atoms with Gasteiger partial charge in [0, 0.05) is 5.56 Å². The van der Waals surface area contributed by atoms with Gasteiger partial charge in [0.15, 0.2) is 12.3 Å². The first-order chi connectivity index (χ1) is 14.0. The van der Waals surface area contributed by atoms with Crippen LogP contribution in [0, 0.1) is 0 Å². The molecular weight excluding hydrogens is 392 g/mol. The van der Waals surface area contributed by atoms with E-state index in [9.17, 15) is 14.4 Å². The molecule has 9 heteroatoms. The van der Waals surface area contributed by atoms with Gasteiger partial charge in [0.1, 0.15) is 5.75 Å². The molecule has 0 radical (unpaired) electrons. The summed E-state index contributed by atoms with van der Waals surface area (Å²) in [5.74, 6) is -0.0765. The van der Waals surface area contributed by atoms with Gasteiger partial charge in [-0.25, -0.2) is 0 Å². The number of ether oxygens (including phenoxy) is 1. The maximum atomic E-state index is 12.7. The fourth-order valence-corrected chi connectivity index (χ4v) is 3.56. The number of benzene rings is 2. The lowest BCUT2D eigenvalue weighted by molar-refractivity contribution is -0.119. The third-order valence-electron chi connectivity index (χ3n) is 3.99. The number of carbonyl (C=O) groups is 1. The molecule has 0 aliphatic carbocycles. The van der Waals surface area contributed by atoms with Crippen LogP contribution in [0.4, 0.5) is 0 Å². The highest BCUT2D eigenvalue weighted by Gasteiger charge is 2.12. The zero-order valence-corrected chi connectivity index (χ0v) is 15.8. The molecule has 2 N–H and O–H groups in total. The minimum atomic E-state index is -0.563. The first-order valence-corrected chi connectivity index (χ1v) is 9.35. The number of carbonyl (C=O) groups excluding carboxylic acids is 1. The number of amides is 1. The van der Waals surface area contributed by atoms with Crippen LogP contribution < -0.4 is 26.1 Å². The molecule has 0 aliphatic heterocycles. The van der Waals surface area contributed by atoms with E-state index in [0.717, 1.165) is 21.4 Å². The van der Waals surface area contributed by atoms with Crippen molar-refractivity contribution in [3.05, 3.63) is 85.4 Å². The van der Waals surface area contributed by atoms with E-state index < -0.39 is 11.5 Å². The van der Waals surface area contributed by atoms with E-state index in [0.29, 0.717) is 15.8 Å². The molecular formula is C20H14N4O4S. The number of rotatable bonds is 5. The molecule has 0 saturated heterocycles. The minimum absolute atomic E-state index is 0.125. The van der Waals surface area contributed by atoms with Gasteiger partial charge in [-0.15, -0.1) is 0 Å². The fraction of sp³-hybridized carbons (Fsp3) is 0.0500. The van der Waals surface area contributed by atoms with Crippen LogP contribution in [0.2, 0.25) is 0 Å². The van der Waals surface area contributed by atoms with Crippen LogP contribution in [0.1, 0.15) is 5.56 Å². The number of hydrogen-bond acceptors (Lipinski definition) is 7. The summed E-state index contributed by atoms with van der Waals surface area (Å²) >= 11 is 1.08. The Morgan fingerprint density at radius 1 is 1.10 bits per heavy atom. The molecule has 2 aromatic carbocycles. The third kappa shape index (κ3) is 3.90. The van der Waals surface area contributed by atoms with Gasteiger partial charge < -0.3 is 10.5 Å². The van der Waals surface area contributed by atoms with Crippen LogP contribution >= 0.6 is 11.3 Å². The van der Waals surface area contributed by atoms with Crippen molar-refractivity contribution in [2.75, 3.05) is 6.61 Å². The first kappa shape index (κ1) is 18.5. The Bertz CT molecular complexity index is 1360. The smallest absolute Gasteiger partial charge is 0.300 e. The van der Waals surface area contributed by atoms with Crippen molar-refractivity contribution in [2.45, 2.75) is 0 Å². The van der Waals surface area contributed by atoms with Gasteiger partial charge in [0.2, 0.25) is 4.96 Å². The summed E-state index contributed by atoms with van der Waals surface area (Å²) in [5.41, 5.74) is 5.67. The summed E-state index contributed by atoms with van der Waals surface area (Å²) in [6.07, 6.45) is 1.67. The van der Waals surface area contributed by atoms with E-state index in [1.54, 1.807) is 54.6 Å². The molecule has 1 amide bonds. The third-order valence-corrected chi connectivity index (χ3v) is 4.95. The van der Waals surface area contributed by atoms with E-state index in [1.807, 2.05) is 6.07 Å². The quantitative estimate of drug-likeness (QED) is 0.518. The van der Waals surface area contributed by atoms with Crippen LogP contribution in [-0.2, 0) is 4.79 Å². The molecule has 2 aromatic heterocycles. The summed E-state index contributed by atoms with van der Waals surface area (Å²) < 4.78 is 6.74. The topological polar surface area (TPSA) is 117 Å². The van der Waals surface area contributed by atoms with Gasteiger partial charge in [-0.1, -0.05) is 53.8 Å². The molecule has 0 unspecified atom stereocenters. The second-order valence-electron chi connectivity index (χ2n) is 6.07. The summed E-state index contributed by atoms with van der Waals surface area (Å²) in [4.78, 5) is 40.1. The second kappa shape index (κ2) is 7.64. The Kier molecular flexibility index (Phi) is 4.88. The van der Waals surface area contributed by atoms with Crippen LogP contribution in [0.3, 0.4) is 0 Å². The standard InChI is InChI=1S/C20H14N4O4S/c21-16(25)11-28-14-8-6-12(7-9-14)10-15-19(27)24-20(29-15)22-18(26)17(23-24)13-4-2-1-3-5-13/h1-10H,11H2,(H2,21,25). The van der Waals surface area contributed by atoms with Gasteiger partial charge in [0.25, 0.3) is 11.5 Å². The molecule has 2 heterocycles. The van der Waals surface area contributed by atoms with Crippen LogP contribution in [0.15, 0.2) is 64.2 Å². The zero-order chi connectivity index (χ0) is 20.4. The maximum absolute atomic E-state index is 12.7. The monoisotopic (exact) mass is 406 g/mol. The number of nitrogens with zero attached hydrogens (tertiary/aromatic N) is 3. The molecule has 0 atom stereocenters. The molecule has 0 spiro atoms. The SMILES string of the molecule is NC(=O)COc1ccc(C=c2sc3nc(=O)c(-c4ccccc4)nn3c2=O)cc1. The van der Waals surface area contributed by atoms with Crippen LogP contribution in [0.25, 0.3) is 22.3 Å². The van der Waals surface area contributed by atoms with Crippen molar-refractivity contribution in [1.29, 1.82) is 0 Å². The predicted molar refractivity (Wildman–Crippen MR) is 109 cm³/mol. The normalized spacial score (nSPS) is 11.7. The Balaban J connectivity index is 1.73. The molecule has 0 fully saturated rings. The fourth-order valence-electron chi connectivity index (χ4n) is 2.65. The van der Waals surface area contributed by atoms with Gasteiger partial charge in [-0.2, -0.15) is 14.6 Å². The van der Waals surface area contributed by atoms with Crippen molar-refractivity contribution in [3.63, 3.8) is 0 Å². The molecule has 8 nitrogen and oxygen atoms in total. The Morgan fingerprint density at radius 2 is 1.83 bits per heavy atom. The lowest BCUT2D eigenvalue weighted by atomic mass is 10.2. The van der Waals surface area contributed by atoms with Crippen molar-refractivity contribution in [2.24, 2.45) is 5.73 Å². The highest BCUT2D eigenvalue weighted by Crippen LogP contribution is 2.13. The molecule has 0 saturated carbocycles. The largest absolute Gasteiger partial charge is 0.484 e. The molecule has 144 valence electrons. The zero-order valence-electron chi connectivity index (χ0n) is 14.9. The highest BCUT2D eigenvalue weighted by molar-refractivity contribution is 7.15. The van der Waals surface area contributed by atoms with Crippen molar-refractivity contribution >= 4 is 28.3 Å². The molecule has 0 aliphatic rings. The first-order valence-electron chi connectivity index (χ1n) is 8.53. The van der Waals surface area contributed by atoms with Crippen LogP contribution in [0.5, 0.6) is 5.75 Å². The number of nitrogens with two attached hydrogens (primary N) is 1. The van der Waals surface area contributed by atoms with E-state index in [4.69, 9.17) is 10.5 Å². The van der Waals surface area contributed by atoms with E-state index in [2.05, 4.69) is 10.1 Å². The molecule has 4 rings (SSSR count). The van der Waals surface area contributed by atoms with Crippen LogP contribution in [-0.4, -0.2) is 27.1 Å². The van der Waals surface area contributed by atoms with Gasteiger partial charge in [-0.3, -0.25) is 14.4 Å². The summed E-state index contributed by atoms with van der Waals surface area (Å²) in [5, 5.41) is 4.22. The Morgan fingerprint density at radius 3 is 2.52 bits per heavy atom. The molecule has 0 bridgehead atoms. The number of aromatic nitrogens is 3. The Labute approximate surface area is 167 Å². The van der Waals surface area contributed by atoms with Crippen molar-refractivity contribution in [1.82, 2.24) is 14.6 Å². The maximum Gasteiger partial charge on any atom is 0.300 e. The van der Waals surface area contributed by atoms with E-state index in [-0.39, 0.29) is 22.8 Å². The lowest BCUT2D eigenvalue weighted by Crippen LogP contribution is -2.26. The number of primary amides is 1. The molecule has 29 heavy (non-hydrogen) atoms. The average molecular weight is 406 g/mol. The average Bonchev–Trinajstić information content (AvgIpc) is 3.02. The summed E-state index contributed by atoms with van der Waals surface area (Å²) in [6.45, 7) is -0.209. The highest BCUT2D eigenvalue weighted by atomic mass is 32.1. The minimum Gasteiger partial charge on any atom is -0.484 e. The summed E-state index contributed by atoms with van der Waals surface area (Å²) in [7, 11) is 0. The van der Waals surface area contributed by atoms with Crippen molar-refractivity contribution < 1.29 is 9.53 Å². The second-order valence-corrected chi connectivity index (χ2v) is 7.07. The predicted octanol–water partition coefficient (Wildman–Crippen LogP) is 0.590. The molecule has 4 aromatic rings. The van der Waals surface area contributed by atoms with E-state index in [1.165, 1.54) is 0 Å². The van der Waals surface area contributed by atoms with Gasteiger partial charge in [-0.05, 0) is 23.8 Å². The number of thiazole rings is 1. The van der Waals surface area contributed by atoms with Gasteiger partial charge >= 0.3 is 5.56 Å². The summed E-state index contributed by atoms with van der Waals surface area (Å²) in [6, 6.07) is 15.7. The Hall–Kier alpha value is -3.85. The number of fused-ring (bicyclic) bond motifs is 1.